The molecule has 0 spiro atoms. The van der Waals surface area contributed by atoms with Crippen molar-refractivity contribution in [2.45, 2.75) is 38.8 Å². The first-order chi connectivity index (χ1) is 9.10. The molecule has 19 heavy (non-hydrogen) atoms. The lowest BCUT2D eigenvalue weighted by molar-refractivity contribution is 0.472. The molecule has 4 heteroatoms. The van der Waals surface area contributed by atoms with E-state index in [0.29, 0.717) is 6.04 Å². The van der Waals surface area contributed by atoms with Crippen molar-refractivity contribution in [2.24, 2.45) is 5.73 Å². The number of nitrogens with two attached hydrogens (primary N) is 1. The second-order valence-electron chi connectivity index (χ2n) is 4.91. The maximum Gasteiger partial charge on any atom is 0.0643 e. The zero-order valence-electron chi connectivity index (χ0n) is 11.4. The number of benzene rings is 1. The molecule has 0 radical (unpaired) electrons. The van der Waals surface area contributed by atoms with Gasteiger partial charge in [0, 0.05) is 28.3 Å². The Labute approximate surface area is 128 Å². The lowest BCUT2D eigenvalue weighted by atomic mass is 10.0. The van der Waals surface area contributed by atoms with Gasteiger partial charge in [-0.15, -0.1) is 0 Å². The van der Waals surface area contributed by atoms with E-state index < -0.39 is 0 Å². The topological polar surface area (TPSA) is 43.8 Å². The molecular weight excluding hydrogens is 349 g/mol. The molecule has 0 saturated carbocycles. The first-order valence-corrected chi connectivity index (χ1v) is 7.73. The van der Waals surface area contributed by atoms with Crippen LogP contribution in [0.4, 0.5) is 0 Å². The van der Waals surface area contributed by atoms with Crippen LogP contribution in [0.2, 0.25) is 0 Å². The molecule has 0 bridgehead atoms. The van der Waals surface area contributed by atoms with Crippen molar-refractivity contribution in [3.05, 3.63) is 51.4 Å². The van der Waals surface area contributed by atoms with Crippen LogP contribution in [0.15, 0.2) is 36.5 Å². The van der Waals surface area contributed by atoms with Gasteiger partial charge in [-0.2, -0.15) is 5.10 Å². The fourth-order valence-electron chi connectivity index (χ4n) is 1.97. The summed E-state index contributed by atoms with van der Waals surface area (Å²) < 4.78 is 3.25. The Morgan fingerprint density at radius 1 is 1.26 bits per heavy atom. The van der Waals surface area contributed by atoms with E-state index in [1.165, 1.54) is 9.13 Å². The molecule has 1 aromatic carbocycles. The van der Waals surface area contributed by atoms with Crippen molar-refractivity contribution in [3.8, 4) is 0 Å². The molecule has 0 fully saturated rings. The number of nitrogens with zero attached hydrogens (tertiary/aromatic N) is 2. The van der Waals surface area contributed by atoms with Gasteiger partial charge in [0.05, 0.1) is 5.69 Å². The third kappa shape index (κ3) is 3.79. The summed E-state index contributed by atoms with van der Waals surface area (Å²) in [5, 5.41) is 4.60. The van der Waals surface area contributed by atoms with Crippen LogP contribution in [0.1, 0.15) is 43.6 Å². The zero-order chi connectivity index (χ0) is 13.8. The second-order valence-corrected chi connectivity index (χ2v) is 6.15. The number of hydrogen-bond donors (Lipinski definition) is 1. The van der Waals surface area contributed by atoms with E-state index in [2.05, 4.69) is 71.9 Å². The normalized spacial score (nSPS) is 14.3. The van der Waals surface area contributed by atoms with Crippen LogP contribution in [0.25, 0.3) is 0 Å². The Morgan fingerprint density at radius 2 is 1.95 bits per heavy atom. The van der Waals surface area contributed by atoms with Gasteiger partial charge in [0.1, 0.15) is 0 Å². The Bertz CT molecular complexity index is 518. The first-order valence-electron chi connectivity index (χ1n) is 6.65. The van der Waals surface area contributed by atoms with Gasteiger partial charge in [-0.3, -0.25) is 4.68 Å². The molecule has 0 aliphatic rings. The first kappa shape index (κ1) is 14.5. The summed E-state index contributed by atoms with van der Waals surface area (Å²) in [4.78, 5) is 0. The lowest BCUT2D eigenvalue weighted by Crippen LogP contribution is -2.14. The fourth-order valence-corrected chi connectivity index (χ4v) is 2.33. The largest absolute Gasteiger partial charge is 0.324 e. The highest BCUT2D eigenvalue weighted by atomic mass is 127. The Kier molecular flexibility index (Phi) is 4.99. The molecule has 0 amide bonds. The summed E-state index contributed by atoms with van der Waals surface area (Å²) in [6.07, 6.45) is 3.92. The molecule has 1 heterocycles. The van der Waals surface area contributed by atoms with Crippen LogP contribution in [0, 0.1) is 3.57 Å². The second kappa shape index (κ2) is 6.52. The van der Waals surface area contributed by atoms with Crippen molar-refractivity contribution < 1.29 is 0 Å². The van der Waals surface area contributed by atoms with Gasteiger partial charge in [-0.1, -0.05) is 19.1 Å². The predicted molar refractivity (Wildman–Crippen MR) is 87.0 cm³/mol. The van der Waals surface area contributed by atoms with Gasteiger partial charge >= 0.3 is 0 Å². The van der Waals surface area contributed by atoms with Crippen LogP contribution in [0.3, 0.4) is 0 Å². The van der Waals surface area contributed by atoms with Gasteiger partial charge in [0.2, 0.25) is 0 Å². The van der Waals surface area contributed by atoms with Gasteiger partial charge in [0.15, 0.2) is 0 Å². The summed E-state index contributed by atoms with van der Waals surface area (Å²) in [7, 11) is 0. The molecule has 2 N–H and O–H groups in total. The van der Waals surface area contributed by atoms with E-state index in [1.54, 1.807) is 0 Å². The number of rotatable bonds is 5. The van der Waals surface area contributed by atoms with Crippen LogP contribution < -0.4 is 5.73 Å². The Balaban J connectivity index is 2.04. The van der Waals surface area contributed by atoms with E-state index >= 15 is 0 Å². The molecule has 102 valence electrons. The monoisotopic (exact) mass is 369 g/mol. The summed E-state index contributed by atoms with van der Waals surface area (Å²) >= 11 is 2.30. The quantitative estimate of drug-likeness (QED) is 0.817. The molecular formula is C15H20IN3. The van der Waals surface area contributed by atoms with Gasteiger partial charge in [-0.25, -0.2) is 0 Å². The summed E-state index contributed by atoms with van der Waals surface area (Å²) in [5.74, 6) is 0. The molecule has 2 rings (SSSR count). The van der Waals surface area contributed by atoms with E-state index in [-0.39, 0.29) is 6.04 Å². The molecule has 0 aliphatic heterocycles. The third-order valence-corrected chi connectivity index (χ3v) is 4.15. The SMILES string of the molecule is CCC(C)n1ccc(CC(N)c2ccc(I)cc2)n1. The highest BCUT2D eigenvalue weighted by Crippen LogP contribution is 2.17. The Hall–Kier alpha value is -0.880. The van der Waals surface area contributed by atoms with Crippen LogP contribution in [-0.4, -0.2) is 9.78 Å². The molecule has 0 saturated heterocycles. The van der Waals surface area contributed by atoms with Gasteiger partial charge in [-0.05, 0) is 59.7 Å². The highest BCUT2D eigenvalue weighted by molar-refractivity contribution is 14.1. The fraction of sp³-hybridized carbons (Fsp3) is 0.400. The minimum Gasteiger partial charge on any atom is -0.324 e. The van der Waals surface area contributed by atoms with Crippen molar-refractivity contribution in [2.75, 3.05) is 0 Å². The molecule has 2 unspecified atom stereocenters. The van der Waals surface area contributed by atoms with E-state index in [0.717, 1.165) is 18.5 Å². The summed E-state index contributed by atoms with van der Waals surface area (Å²) in [6, 6.07) is 10.9. The van der Waals surface area contributed by atoms with Crippen molar-refractivity contribution >= 4 is 22.6 Å². The Morgan fingerprint density at radius 3 is 2.58 bits per heavy atom. The van der Waals surface area contributed by atoms with Crippen LogP contribution in [0.5, 0.6) is 0 Å². The molecule has 1 aromatic heterocycles. The molecule has 3 nitrogen and oxygen atoms in total. The predicted octanol–water partition coefficient (Wildman–Crippen LogP) is 3.70. The molecule has 2 atom stereocenters. The van der Waals surface area contributed by atoms with Crippen molar-refractivity contribution in [1.29, 1.82) is 0 Å². The number of hydrogen-bond acceptors (Lipinski definition) is 2. The average Bonchev–Trinajstić information content (AvgIpc) is 2.87. The maximum atomic E-state index is 6.24. The van der Waals surface area contributed by atoms with E-state index in [4.69, 9.17) is 5.73 Å². The minimum atomic E-state index is 0.0114. The highest BCUT2D eigenvalue weighted by Gasteiger charge is 2.10. The zero-order valence-corrected chi connectivity index (χ0v) is 13.5. The van der Waals surface area contributed by atoms with E-state index in [9.17, 15) is 0 Å². The van der Waals surface area contributed by atoms with Crippen molar-refractivity contribution in [1.82, 2.24) is 9.78 Å². The van der Waals surface area contributed by atoms with E-state index in [1.807, 2.05) is 10.9 Å². The van der Waals surface area contributed by atoms with Gasteiger partial charge in [0.25, 0.3) is 0 Å². The lowest BCUT2D eigenvalue weighted by Gasteiger charge is -2.11. The van der Waals surface area contributed by atoms with Gasteiger partial charge < -0.3 is 5.73 Å². The molecule has 2 aromatic rings. The van der Waals surface area contributed by atoms with Crippen molar-refractivity contribution in [3.63, 3.8) is 0 Å². The minimum absolute atomic E-state index is 0.0114. The smallest absolute Gasteiger partial charge is 0.0643 e. The standard InChI is InChI=1S/C15H20IN3/c1-3-11(2)19-9-8-14(18-19)10-15(17)12-4-6-13(16)7-5-12/h4-9,11,15H,3,10,17H2,1-2H3. The average molecular weight is 369 g/mol. The third-order valence-electron chi connectivity index (χ3n) is 3.43. The number of aromatic nitrogens is 2. The summed E-state index contributed by atoms with van der Waals surface area (Å²) in [5.41, 5.74) is 8.47. The summed E-state index contributed by atoms with van der Waals surface area (Å²) in [6.45, 7) is 4.35. The molecule has 0 aliphatic carbocycles. The van der Waals surface area contributed by atoms with Crippen LogP contribution in [-0.2, 0) is 6.42 Å². The maximum absolute atomic E-state index is 6.24. The van der Waals surface area contributed by atoms with Crippen LogP contribution >= 0.6 is 22.6 Å². The number of halogens is 1.